The van der Waals surface area contributed by atoms with Crippen LogP contribution in [0.5, 0.6) is 17.2 Å². The first-order valence-corrected chi connectivity index (χ1v) is 11.3. The number of ether oxygens (including phenoxy) is 3. The summed E-state index contributed by atoms with van der Waals surface area (Å²) in [6, 6.07) is 10.3. The van der Waals surface area contributed by atoms with Crippen molar-refractivity contribution >= 4 is 22.1 Å². The van der Waals surface area contributed by atoms with Crippen LogP contribution in [0.3, 0.4) is 0 Å². The fraction of sp³-hybridized carbons (Fsp3) is 0.346. The van der Waals surface area contributed by atoms with Crippen molar-refractivity contribution in [3.05, 3.63) is 57.0 Å². The molecule has 0 N–H and O–H groups in total. The van der Waals surface area contributed by atoms with E-state index in [0.29, 0.717) is 46.2 Å². The van der Waals surface area contributed by atoms with Crippen LogP contribution < -0.4 is 25.2 Å². The van der Waals surface area contributed by atoms with Gasteiger partial charge in [-0.25, -0.2) is 0 Å². The molecule has 2 aromatic heterocycles. The van der Waals surface area contributed by atoms with Gasteiger partial charge < -0.3 is 18.6 Å². The smallest absolute Gasteiger partial charge is 0.269 e. The second-order valence-electron chi connectivity index (χ2n) is 7.97. The molecule has 0 fully saturated rings. The molecule has 4 aromatic rings. The standard InChI is InChI=1S/C26H28N2O6/c1-5-6-7-10-13-28-24(16-14-19(31-2)23(33-4)20(15-16)32-3)27-25-21(26(28)30)22(29)17-11-8-9-12-18(17)34-25/h8-9,11-12,14-15H,5-7,10,13H2,1-4H3. The number of para-hydroxylation sites is 1. The van der Waals surface area contributed by atoms with E-state index in [1.165, 1.54) is 21.3 Å². The van der Waals surface area contributed by atoms with Crippen molar-refractivity contribution in [1.82, 2.24) is 9.55 Å². The van der Waals surface area contributed by atoms with Gasteiger partial charge in [-0.3, -0.25) is 14.2 Å². The minimum absolute atomic E-state index is 0.00209. The predicted octanol–water partition coefficient (Wildman–Crippen LogP) is 4.78. The van der Waals surface area contributed by atoms with Gasteiger partial charge in [-0.05, 0) is 30.7 Å². The van der Waals surface area contributed by atoms with Gasteiger partial charge in [0.25, 0.3) is 5.56 Å². The van der Waals surface area contributed by atoms with Crippen LogP contribution in [0, 0.1) is 0 Å². The largest absolute Gasteiger partial charge is 0.493 e. The molecular formula is C26H28N2O6. The Bertz CT molecular complexity index is 1430. The van der Waals surface area contributed by atoms with Gasteiger partial charge in [0.15, 0.2) is 16.9 Å². The van der Waals surface area contributed by atoms with Crippen molar-refractivity contribution in [2.24, 2.45) is 0 Å². The van der Waals surface area contributed by atoms with Crippen molar-refractivity contribution in [3.63, 3.8) is 0 Å². The Morgan fingerprint density at radius 3 is 2.29 bits per heavy atom. The summed E-state index contributed by atoms with van der Waals surface area (Å²) in [4.78, 5) is 31.5. The van der Waals surface area contributed by atoms with E-state index in [-0.39, 0.29) is 16.5 Å². The highest BCUT2D eigenvalue weighted by Crippen LogP contribution is 2.40. The lowest BCUT2D eigenvalue weighted by molar-refractivity contribution is 0.324. The number of nitrogens with zero attached hydrogens (tertiary/aromatic N) is 2. The molecular weight excluding hydrogens is 436 g/mol. The Hall–Kier alpha value is -3.81. The second kappa shape index (κ2) is 9.99. The topological polar surface area (TPSA) is 92.8 Å². The molecule has 34 heavy (non-hydrogen) atoms. The first kappa shape index (κ1) is 23.4. The highest BCUT2D eigenvalue weighted by Gasteiger charge is 2.21. The minimum Gasteiger partial charge on any atom is -0.493 e. The van der Waals surface area contributed by atoms with Crippen LogP contribution in [0.15, 0.2) is 50.4 Å². The molecule has 0 aliphatic carbocycles. The van der Waals surface area contributed by atoms with Crippen LogP contribution in [0.4, 0.5) is 0 Å². The van der Waals surface area contributed by atoms with Gasteiger partial charge in [0.05, 0.1) is 26.7 Å². The molecule has 8 nitrogen and oxygen atoms in total. The average Bonchev–Trinajstić information content (AvgIpc) is 2.86. The quantitative estimate of drug-likeness (QED) is 0.260. The Labute approximate surface area is 196 Å². The van der Waals surface area contributed by atoms with Gasteiger partial charge in [0.2, 0.25) is 16.9 Å². The number of benzene rings is 2. The van der Waals surface area contributed by atoms with Crippen LogP contribution in [0.2, 0.25) is 0 Å². The molecule has 0 bridgehead atoms. The first-order chi connectivity index (χ1) is 16.5. The van der Waals surface area contributed by atoms with Crippen molar-refractivity contribution in [2.45, 2.75) is 39.2 Å². The zero-order valence-electron chi connectivity index (χ0n) is 19.8. The fourth-order valence-electron chi connectivity index (χ4n) is 4.12. The molecule has 2 aromatic carbocycles. The summed E-state index contributed by atoms with van der Waals surface area (Å²) in [5.74, 6) is 1.67. The highest BCUT2D eigenvalue weighted by molar-refractivity contribution is 5.88. The van der Waals surface area contributed by atoms with Crippen LogP contribution >= 0.6 is 0 Å². The summed E-state index contributed by atoms with van der Waals surface area (Å²) >= 11 is 0. The summed E-state index contributed by atoms with van der Waals surface area (Å²) in [5.41, 5.74) is 0.156. The third kappa shape index (κ3) is 4.11. The first-order valence-electron chi connectivity index (χ1n) is 11.3. The molecule has 0 saturated carbocycles. The van der Waals surface area contributed by atoms with E-state index in [1.54, 1.807) is 41.0 Å². The lowest BCUT2D eigenvalue weighted by atomic mass is 10.1. The van der Waals surface area contributed by atoms with Gasteiger partial charge >= 0.3 is 0 Å². The molecule has 8 heteroatoms. The number of fused-ring (bicyclic) bond motifs is 2. The molecule has 4 rings (SSSR count). The van der Waals surface area contributed by atoms with Gasteiger partial charge in [0.1, 0.15) is 11.4 Å². The monoisotopic (exact) mass is 464 g/mol. The molecule has 0 atom stereocenters. The molecule has 0 amide bonds. The second-order valence-corrected chi connectivity index (χ2v) is 7.97. The van der Waals surface area contributed by atoms with E-state index in [0.717, 1.165) is 25.7 Å². The highest BCUT2D eigenvalue weighted by atomic mass is 16.5. The van der Waals surface area contributed by atoms with Crippen molar-refractivity contribution in [3.8, 4) is 28.6 Å². The van der Waals surface area contributed by atoms with Crippen LogP contribution in [0.1, 0.15) is 32.6 Å². The van der Waals surface area contributed by atoms with Gasteiger partial charge in [-0.1, -0.05) is 38.3 Å². The minimum atomic E-state index is -0.426. The molecule has 0 aliphatic rings. The Balaban J connectivity index is 2.02. The molecule has 0 unspecified atom stereocenters. The van der Waals surface area contributed by atoms with Crippen LogP contribution in [-0.2, 0) is 6.54 Å². The zero-order valence-corrected chi connectivity index (χ0v) is 19.8. The van der Waals surface area contributed by atoms with Crippen molar-refractivity contribution in [1.29, 1.82) is 0 Å². The van der Waals surface area contributed by atoms with Gasteiger partial charge in [-0.15, -0.1) is 0 Å². The maximum Gasteiger partial charge on any atom is 0.269 e. The third-order valence-corrected chi connectivity index (χ3v) is 5.86. The van der Waals surface area contributed by atoms with E-state index in [2.05, 4.69) is 11.9 Å². The lowest BCUT2D eigenvalue weighted by Crippen LogP contribution is -2.27. The van der Waals surface area contributed by atoms with Crippen LogP contribution in [-0.4, -0.2) is 30.9 Å². The zero-order chi connectivity index (χ0) is 24.2. The van der Waals surface area contributed by atoms with E-state index < -0.39 is 5.56 Å². The molecule has 2 heterocycles. The van der Waals surface area contributed by atoms with E-state index in [4.69, 9.17) is 18.6 Å². The summed E-state index contributed by atoms with van der Waals surface area (Å²) in [7, 11) is 4.58. The molecule has 178 valence electrons. The number of hydrogen-bond donors (Lipinski definition) is 0. The number of hydrogen-bond acceptors (Lipinski definition) is 7. The number of rotatable bonds is 9. The molecule has 0 aliphatic heterocycles. The number of aromatic nitrogens is 2. The van der Waals surface area contributed by atoms with E-state index >= 15 is 0 Å². The van der Waals surface area contributed by atoms with Crippen LogP contribution in [0.25, 0.3) is 33.5 Å². The fourth-order valence-corrected chi connectivity index (χ4v) is 4.12. The summed E-state index contributed by atoms with van der Waals surface area (Å²) in [6.07, 6.45) is 3.86. The summed E-state index contributed by atoms with van der Waals surface area (Å²) in [6.45, 7) is 2.54. The number of methoxy groups -OCH3 is 3. The van der Waals surface area contributed by atoms with Crippen molar-refractivity contribution in [2.75, 3.05) is 21.3 Å². The molecule has 0 spiro atoms. The average molecular weight is 465 g/mol. The number of unbranched alkanes of at least 4 members (excludes halogenated alkanes) is 3. The third-order valence-electron chi connectivity index (χ3n) is 5.86. The normalized spacial score (nSPS) is 11.2. The summed E-state index contributed by atoms with van der Waals surface area (Å²) < 4.78 is 23.9. The van der Waals surface area contributed by atoms with Crippen molar-refractivity contribution < 1.29 is 18.6 Å². The molecule has 0 radical (unpaired) electrons. The van der Waals surface area contributed by atoms with E-state index in [1.807, 2.05) is 0 Å². The van der Waals surface area contributed by atoms with Gasteiger partial charge in [-0.2, -0.15) is 4.98 Å². The Morgan fingerprint density at radius 1 is 0.941 bits per heavy atom. The lowest BCUT2D eigenvalue weighted by Gasteiger charge is -2.17. The Morgan fingerprint density at radius 2 is 1.65 bits per heavy atom. The maximum absolute atomic E-state index is 13.7. The van der Waals surface area contributed by atoms with E-state index in [9.17, 15) is 9.59 Å². The maximum atomic E-state index is 13.7. The summed E-state index contributed by atoms with van der Waals surface area (Å²) in [5, 5.41) is 0.303. The molecule has 0 saturated heterocycles. The van der Waals surface area contributed by atoms with Gasteiger partial charge in [0, 0.05) is 12.1 Å². The predicted molar refractivity (Wildman–Crippen MR) is 131 cm³/mol. The Kier molecular flexibility index (Phi) is 6.86. The SMILES string of the molecule is CCCCCCn1c(-c2cc(OC)c(OC)c(OC)c2)nc2oc3ccccc3c(=O)c2c1=O.